The molecule has 0 bridgehead atoms. The highest BCUT2D eigenvalue weighted by atomic mass is 32.1. The quantitative estimate of drug-likeness (QED) is 0.797. The van der Waals surface area contributed by atoms with Crippen molar-refractivity contribution in [1.29, 1.82) is 0 Å². The van der Waals surface area contributed by atoms with Crippen LogP contribution in [0.5, 0.6) is 0 Å². The number of imidazole rings is 1. The normalized spacial score (nSPS) is 10.9. The number of aryl methyl sites for hydroxylation is 1. The summed E-state index contributed by atoms with van der Waals surface area (Å²) in [5, 5.41) is 7.81. The van der Waals surface area contributed by atoms with Crippen molar-refractivity contribution in [3.05, 3.63) is 40.1 Å². The standard InChI is InChI=1S/C13H19N3S/c1-11-12(2)16(10-15-11)7-6-14-5-3-13-4-8-17-9-13/h4,8-10,14H,3,5-7H2,1-2H3. The molecule has 0 saturated heterocycles. The van der Waals surface area contributed by atoms with Crippen molar-refractivity contribution in [2.75, 3.05) is 13.1 Å². The van der Waals surface area contributed by atoms with Gasteiger partial charge in [-0.2, -0.15) is 11.3 Å². The third kappa shape index (κ3) is 3.41. The molecular weight excluding hydrogens is 230 g/mol. The van der Waals surface area contributed by atoms with Gasteiger partial charge in [-0.3, -0.25) is 0 Å². The van der Waals surface area contributed by atoms with Gasteiger partial charge >= 0.3 is 0 Å². The van der Waals surface area contributed by atoms with E-state index < -0.39 is 0 Å². The molecule has 0 aliphatic carbocycles. The van der Waals surface area contributed by atoms with Crippen LogP contribution in [0.1, 0.15) is 17.0 Å². The molecule has 0 atom stereocenters. The van der Waals surface area contributed by atoms with Crippen molar-refractivity contribution in [1.82, 2.24) is 14.9 Å². The van der Waals surface area contributed by atoms with Gasteiger partial charge in [0.05, 0.1) is 12.0 Å². The largest absolute Gasteiger partial charge is 0.333 e. The van der Waals surface area contributed by atoms with E-state index in [1.807, 2.05) is 6.33 Å². The monoisotopic (exact) mass is 249 g/mol. The van der Waals surface area contributed by atoms with Gasteiger partial charge in [0, 0.05) is 18.8 Å². The van der Waals surface area contributed by atoms with Crippen LogP contribution in [0.2, 0.25) is 0 Å². The van der Waals surface area contributed by atoms with Gasteiger partial charge in [0.25, 0.3) is 0 Å². The van der Waals surface area contributed by atoms with Gasteiger partial charge in [-0.1, -0.05) is 0 Å². The molecule has 17 heavy (non-hydrogen) atoms. The molecule has 2 aromatic rings. The summed E-state index contributed by atoms with van der Waals surface area (Å²) in [5.74, 6) is 0. The zero-order valence-electron chi connectivity index (χ0n) is 10.4. The van der Waals surface area contributed by atoms with E-state index in [-0.39, 0.29) is 0 Å². The molecule has 0 amide bonds. The van der Waals surface area contributed by atoms with E-state index >= 15 is 0 Å². The lowest BCUT2D eigenvalue weighted by atomic mass is 10.2. The summed E-state index contributed by atoms with van der Waals surface area (Å²) in [6.45, 7) is 7.21. The summed E-state index contributed by atoms with van der Waals surface area (Å²) in [6.07, 6.45) is 3.04. The van der Waals surface area contributed by atoms with Gasteiger partial charge in [-0.25, -0.2) is 4.98 Å². The first kappa shape index (κ1) is 12.3. The smallest absolute Gasteiger partial charge is 0.0951 e. The number of hydrogen-bond acceptors (Lipinski definition) is 3. The highest BCUT2D eigenvalue weighted by Gasteiger charge is 2.00. The Bertz CT molecular complexity index is 445. The van der Waals surface area contributed by atoms with Crippen molar-refractivity contribution in [3.8, 4) is 0 Å². The Morgan fingerprint density at radius 3 is 2.88 bits per heavy atom. The molecule has 0 fully saturated rings. The van der Waals surface area contributed by atoms with Crippen LogP contribution in [0.15, 0.2) is 23.2 Å². The molecule has 92 valence electrons. The van der Waals surface area contributed by atoms with E-state index in [9.17, 15) is 0 Å². The minimum atomic E-state index is 0.996. The topological polar surface area (TPSA) is 29.9 Å². The minimum Gasteiger partial charge on any atom is -0.333 e. The lowest BCUT2D eigenvalue weighted by molar-refractivity contribution is 0.590. The van der Waals surface area contributed by atoms with Gasteiger partial charge in [0.1, 0.15) is 0 Å². The third-order valence-corrected chi connectivity index (χ3v) is 3.78. The van der Waals surface area contributed by atoms with Crippen molar-refractivity contribution < 1.29 is 0 Å². The van der Waals surface area contributed by atoms with Gasteiger partial charge in [0.15, 0.2) is 0 Å². The highest BCUT2D eigenvalue weighted by molar-refractivity contribution is 7.07. The van der Waals surface area contributed by atoms with Crippen LogP contribution in [0.3, 0.4) is 0 Å². The fraction of sp³-hybridized carbons (Fsp3) is 0.462. The fourth-order valence-corrected chi connectivity index (χ4v) is 2.46. The summed E-state index contributed by atoms with van der Waals surface area (Å²) < 4.78 is 2.20. The van der Waals surface area contributed by atoms with Gasteiger partial charge < -0.3 is 9.88 Å². The van der Waals surface area contributed by atoms with E-state index in [1.54, 1.807) is 11.3 Å². The molecular formula is C13H19N3S. The summed E-state index contributed by atoms with van der Waals surface area (Å²) in [7, 11) is 0. The number of nitrogens with zero attached hydrogens (tertiary/aromatic N) is 2. The van der Waals surface area contributed by atoms with Crippen molar-refractivity contribution in [2.24, 2.45) is 0 Å². The van der Waals surface area contributed by atoms with Crippen LogP contribution in [0, 0.1) is 13.8 Å². The molecule has 2 rings (SSSR count). The molecule has 0 saturated carbocycles. The summed E-state index contributed by atoms with van der Waals surface area (Å²) >= 11 is 1.76. The molecule has 2 heterocycles. The second-order valence-corrected chi connectivity index (χ2v) is 5.02. The van der Waals surface area contributed by atoms with E-state index in [2.05, 4.69) is 45.5 Å². The molecule has 0 unspecified atom stereocenters. The Labute approximate surface area is 107 Å². The maximum Gasteiger partial charge on any atom is 0.0951 e. The van der Waals surface area contributed by atoms with E-state index in [1.165, 1.54) is 11.3 Å². The maximum absolute atomic E-state index is 4.29. The SMILES string of the molecule is Cc1ncn(CCNCCc2ccsc2)c1C. The Hall–Kier alpha value is -1.13. The van der Waals surface area contributed by atoms with Crippen LogP contribution >= 0.6 is 11.3 Å². The predicted octanol–water partition coefficient (Wildman–Crippen LogP) is 2.39. The number of aromatic nitrogens is 2. The van der Waals surface area contributed by atoms with Gasteiger partial charge in [-0.05, 0) is 49.2 Å². The van der Waals surface area contributed by atoms with E-state index in [0.29, 0.717) is 0 Å². The zero-order chi connectivity index (χ0) is 12.1. The minimum absolute atomic E-state index is 0.996. The maximum atomic E-state index is 4.29. The van der Waals surface area contributed by atoms with Crippen molar-refractivity contribution >= 4 is 11.3 Å². The van der Waals surface area contributed by atoms with Crippen LogP contribution in [-0.2, 0) is 13.0 Å². The molecule has 2 aromatic heterocycles. The summed E-state index contributed by atoms with van der Waals surface area (Å²) in [4.78, 5) is 4.29. The number of hydrogen-bond donors (Lipinski definition) is 1. The fourth-order valence-electron chi connectivity index (χ4n) is 1.76. The molecule has 0 aliphatic heterocycles. The Balaban J connectivity index is 1.65. The van der Waals surface area contributed by atoms with Crippen LogP contribution in [0.25, 0.3) is 0 Å². The number of thiophene rings is 1. The number of rotatable bonds is 6. The molecule has 4 heteroatoms. The highest BCUT2D eigenvalue weighted by Crippen LogP contribution is 2.06. The van der Waals surface area contributed by atoms with Crippen molar-refractivity contribution in [2.45, 2.75) is 26.8 Å². The molecule has 0 aromatic carbocycles. The summed E-state index contributed by atoms with van der Waals surface area (Å²) in [6, 6.07) is 2.19. The van der Waals surface area contributed by atoms with Crippen LogP contribution < -0.4 is 5.32 Å². The Morgan fingerprint density at radius 2 is 2.24 bits per heavy atom. The lowest BCUT2D eigenvalue weighted by Crippen LogP contribution is -2.22. The second-order valence-electron chi connectivity index (χ2n) is 4.24. The molecule has 0 aliphatic rings. The molecule has 0 radical (unpaired) electrons. The average molecular weight is 249 g/mol. The Kier molecular flexibility index (Phi) is 4.34. The van der Waals surface area contributed by atoms with Gasteiger partial charge in [-0.15, -0.1) is 0 Å². The second kappa shape index (κ2) is 5.98. The lowest BCUT2D eigenvalue weighted by Gasteiger charge is -2.06. The zero-order valence-corrected chi connectivity index (χ0v) is 11.3. The van der Waals surface area contributed by atoms with E-state index in [4.69, 9.17) is 0 Å². The molecule has 3 nitrogen and oxygen atoms in total. The summed E-state index contributed by atoms with van der Waals surface area (Å²) in [5.41, 5.74) is 3.82. The Morgan fingerprint density at radius 1 is 1.35 bits per heavy atom. The third-order valence-electron chi connectivity index (χ3n) is 3.05. The first-order valence-electron chi connectivity index (χ1n) is 5.97. The number of nitrogens with one attached hydrogen (secondary N) is 1. The molecule has 0 spiro atoms. The van der Waals surface area contributed by atoms with Crippen molar-refractivity contribution in [3.63, 3.8) is 0 Å². The first-order chi connectivity index (χ1) is 8.27. The first-order valence-corrected chi connectivity index (χ1v) is 6.92. The van der Waals surface area contributed by atoms with Crippen LogP contribution in [0.4, 0.5) is 0 Å². The van der Waals surface area contributed by atoms with Gasteiger partial charge in [0.2, 0.25) is 0 Å². The van der Waals surface area contributed by atoms with Crippen LogP contribution in [-0.4, -0.2) is 22.6 Å². The van der Waals surface area contributed by atoms with E-state index in [0.717, 1.165) is 31.7 Å². The average Bonchev–Trinajstić information content (AvgIpc) is 2.93. The predicted molar refractivity (Wildman–Crippen MR) is 72.6 cm³/mol. The molecule has 1 N–H and O–H groups in total.